The highest BCUT2D eigenvalue weighted by molar-refractivity contribution is 5.94. The first-order valence-corrected chi connectivity index (χ1v) is 10.8. The van der Waals surface area contributed by atoms with Crippen LogP contribution in [0.1, 0.15) is 62.1 Å². The molecule has 0 aliphatic carbocycles. The van der Waals surface area contributed by atoms with Crippen LogP contribution in [0.4, 0.5) is 0 Å². The second-order valence-electron chi connectivity index (χ2n) is 8.44. The number of piperidine rings is 1. The predicted octanol–water partition coefficient (Wildman–Crippen LogP) is 3.88. The lowest BCUT2D eigenvalue weighted by Crippen LogP contribution is -2.46. The van der Waals surface area contributed by atoms with Crippen molar-refractivity contribution >= 4 is 5.91 Å². The third-order valence-corrected chi connectivity index (χ3v) is 6.21. The van der Waals surface area contributed by atoms with Crippen LogP contribution < -0.4 is 5.32 Å². The lowest BCUT2D eigenvalue weighted by molar-refractivity contribution is 0.0895. The van der Waals surface area contributed by atoms with Gasteiger partial charge in [-0.1, -0.05) is 36.8 Å². The quantitative estimate of drug-likeness (QED) is 0.876. The molecule has 1 amide bonds. The van der Waals surface area contributed by atoms with E-state index < -0.39 is 0 Å². The van der Waals surface area contributed by atoms with Gasteiger partial charge in [-0.05, 0) is 46.0 Å². The maximum atomic E-state index is 13.2. The number of fused-ring (bicyclic) bond motifs is 1. The Hall–Kier alpha value is -2.14. The molecule has 2 aliphatic rings. The number of rotatable bonds is 4. The molecule has 1 saturated heterocycles. The van der Waals surface area contributed by atoms with Crippen molar-refractivity contribution in [2.24, 2.45) is 0 Å². The largest absolute Gasteiger partial charge is 0.348 e. The monoisotopic (exact) mass is 380 g/mol. The van der Waals surface area contributed by atoms with E-state index in [4.69, 9.17) is 4.98 Å². The summed E-state index contributed by atoms with van der Waals surface area (Å²) >= 11 is 0. The van der Waals surface area contributed by atoms with Crippen molar-refractivity contribution in [3.05, 3.63) is 41.7 Å². The molecule has 1 aromatic carbocycles. The van der Waals surface area contributed by atoms with Crippen LogP contribution in [0.25, 0.3) is 11.4 Å². The fourth-order valence-electron chi connectivity index (χ4n) is 4.52. The number of nitrogens with zero attached hydrogens (tertiary/aromatic N) is 3. The molecule has 5 heteroatoms. The van der Waals surface area contributed by atoms with Crippen LogP contribution in [0.2, 0.25) is 0 Å². The first-order chi connectivity index (χ1) is 13.6. The lowest BCUT2D eigenvalue weighted by atomic mass is 10.0. The molecule has 0 radical (unpaired) electrons. The Kier molecular flexibility index (Phi) is 5.81. The van der Waals surface area contributed by atoms with Crippen molar-refractivity contribution < 1.29 is 4.79 Å². The number of amides is 1. The number of carbonyl (C=O) groups is 1. The highest BCUT2D eigenvalue weighted by atomic mass is 16.2. The Morgan fingerprint density at radius 2 is 1.82 bits per heavy atom. The van der Waals surface area contributed by atoms with Gasteiger partial charge in [0.1, 0.15) is 11.5 Å². The number of hydrogen-bond donors (Lipinski definition) is 1. The summed E-state index contributed by atoms with van der Waals surface area (Å²) in [5.74, 6) is 0.952. The standard InChI is InChI=1S/C23H32N4O/c1-17(2)26-15-12-19(13-16-26)24-23(28)21-20-11-7-4-8-14-27(20)22(25-21)18-9-5-3-6-10-18/h3,5-6,9-10,17,19H,4,7-8,11-16H2,1-2H3,(H,24,28). The van der Waals surface area contributed by atoms with Crippen molar-refractivity contribution in [3.63, 3.8) is 0 Å². The second-order valence-corrected chi connectivity index (χ2v) is 8.44. The molecule has 4 rings (SSSR count). The van der Waals surface area contributed by atoms with E-state index in [0.717, 1.165) is 68.8 Å². The summed E-state index contributed by atoms with van der Waals surface area (Å²) in [5, 5.41) is 3.29. The molecule has 2 aromatic rings. The van der Waals surface area contributed by atoms with E-state index in [1.807, 2.05) is 18.2 Å². The van der Waals surface area contributed by atoms with Crippen molar-refractivity contribution in [1.82, 2.24) is 19.8 Å². The first kappa shape index (κ1) is 19.2. The van der Waals surface area contributed by atoms with E-state index >= 15 is 0 Å². The number of benzene rings is 1. The maximum Gasteiger partial charge on any atom is 0.272 e. The van der Waals surface area contributed by atoms with Crippen molar-refractivity contribution in [2.45, 2.75) is 71.0 Å². The van der Waals surface area contributed by atoms with Crippen molar-refractivity contribution in [3.8, 4) is 11.4 Å². The fourth-order valence-corrected chi connectivity index (χ4v) is 4.52. The van der Waals surface area contributed by atoms with Gasteiger partial charge >= 0.3 is 0 Å². The second kappa shape index (κ2) is 8.48. The molecule has 1 N–H and O–H groups in total. The summed E-state index contributed by atoms with van der Waals surface area (Å²) in [5.41, 5.74) is 2.86. The first-order valence-electron chi connectivity index (χ1n) is 10.8. The minimum Gasteiger partial charge on any atom is -0.348 e. The zero-order valence-corrected chi connectivity index (χ0v) is 17.2. The Morgan fingerprint density at radius 3 is 2.54 bits per heavy atom. The van der Waals surface area contributed by atoms with Gasteiger partial charge in [0.25, 0.3) is 5.91 Å². The molecule has 0 spiro atoms. The predicted molar refractivity (Wildman–Crippen MR) is 112 cm³/mol. The van der Waals surface area contributed by atoms with Gasteiger partial charge in [0, 0.05) is 37.3 Å². The van der Waals surface area contributed by atoms with Gasteiger partial charge in [0.05, 0.1) is 5.69 Å². The number of nitrogens with one attached hydrogen (secondary N) is 1. The van der Waals surface area contributed by atoms with Crippen LogP contribution in [0.15, 0.2) is 30.3 Å². The smallest absolute Gasteiger partial charge is 0.272 e. The summed E-state index contributed by atoms with van der Waals surface area (Å²) in [7, 11) is 0. The summed E-state index contributed by atoms with van der Waals surface area (Å²) in [6.45, 7) is 7.54. The minimum absolute atomic E-state index is 0.0100. The molecule has 0 saturated carbocycles. The molecule has 0 unspecified atom stereocenters. The van der Waals surface area contributed by atoms with Crippen LogP contribution in [0.3, 0.4) is 0 Å². The van der Waals surface area contributed by atoms with Crippen LogP contribution in [0.5, 0.6) is 0 Å². The maximum absolute atomic E-state index is 13.2. The number of carbonyl (C=O) groups excluding carboxylic acids is 1. The Balaban J connectivity index is 1.56. The SMILES string of the molecule is CC(C)N1CCC(NC(=O)c2nc(-c3ccccc3)n3c2CCCCC3)CC1. The van der Waals surface area contributed by atoms with Crippen LogP contribution in [-0.2, 0) is 13.0 Å². The van der Waals surface area contributed by atoms with E-state index in [1.54, 1.807) is 0 Å². The van der Waals surface area contributed by atoms with Crippen molar-refractivity contribution in [1.29, 1.82) is 0 Å². The molecule has 0 atom stereocenters. The zero-order valence-electron chi connectivity index (χ0n) is 17.2. The summed E-state index contributed by atoms with van der Waals surface area (Å²) in [6.07, 6.45) is 6.47. The number of likely N-dealkylation sites (tertiary alicyclic amines) is 1. The number of hydrogen-bond acceptors (Lipinski definition) is 3. The highest BCUT2D eigenvalue weighted by Gasteiger charge is 2.27. The van der Waals surface area contributed by atoms with Gasteiger partial charge in [0.2, 0.25) is 0 Å². The molecule has 1 fully saturated rings. The lowest BCUT2D eigenvalue weighted by Gasteiger charge is -2.34. The minimum atomic E-state index is 0.0100. The average Bonchev–Trinajstić information content (AvgIpc) is 2.90. The van der Waals surface area contributed by atoms with Crippen molar-refractivity contribution in [2.75, 3.05) is 13.1 Å². The average molecular weight is 381 g/mol. The topological polar surface area (TPSA) is 50.2 Å². The summed E-state index contributed by atoms with van der Waals surface area (Å²) < 4.78 is 2.29. The third kappa shape index (κ3) is 4.00. The molecule has 0 bridgehead atoms. The van der Waals surface area contributed by atoms with Gasteiger partial charge < -0.3 is 14.8 Å². The summed E-state index contributed by atoms with van der Waals surface area (Å²) in [6, 6.07) is 11.1. The van der Waals surface area contributed by atoms with E-state index in [-0.39, 0.29) is 11.9 Å². The van der Waals surface area contributed by atoms with Gasteiger partial charge in [-0.15, -0.1) is 0 Å². The fraction of sp³-hybridized carbons (Fsp3) is 0.565. The molecule has 150 valence electrons. The van der Waals surface area contributed by atoms with E-state index in [2.05, 4.69) is 40.8 Å². The molecular weight excluding hydrogens is 348 g/mol. The Morgan fingerprint density at radius 1 is 1.07 bits per heavy atom. The summed E-state index contributed by atoms with van der Waals surface area (Å²) in [4.78, 5) is 20.5. The van der Waals surface area contributed by atoms with Gasteiger partial charge in [-0.25, -0.2) is 4.98 Å². The van der Waals surface area contributed by atoms with E-state index in [9.17, 15) is 4.79 Å². The van der Waals surface area contributed by atoms with Crippen LogP contribution >= 0.6 is 0 Å². The molecule has 2 aliphatic heterocycles. The zero-order chi connectivity index (χ0) is 19.5. The molecular formula is C23H32N4O. The van der Waals surface area contributed by atoms with Gasteiger partial charge in [-0.3, -0.25) is 4.79 Å². The molecule has 1 aromatic heterocycles. The normalized spacial score (nSPS) is 18.7. The van der Waals surface area contributed by atoms with Crippen LogP contribution in [0, 0.1) is 0 Å². The number of aromatic nitrogens is 2. The third-order valence-electron chi connectivity index (χ3n) is 6.21. The highest BCUT2D eigenvalue weighted by Crippen LogP contribution is 2.27. The Bertz CT molecular complexity index is 804. The Labute approximate surface area is 168 Å². The van der Waals surface area contributed by atoms with Crippen LogP contribution in [-0.4, -0.2) is 45.5 Å². The van der Waals surface area contributed by atoms with Gasteiger partial charge in [-0.2, -0.15) is 0 Å². The van der Waals surface area contributed by atoms with Gasteiger partial charge in [0.15, 0.2) is 0 Å². The number of imidazole rings is 1. The van der Waals surface area contributed by atoms with E-state index in [0.29, 0.717) is 11.7 Å². The van der Waals surface area contributed by atoms with E-state index in [1.165, 1.54) is 6.42 Å². The molecule has 28 heavy (non-hydrogen) atoms. The molecule has 3 heterocycles. The molecule has 5 nitrogen and oxygen atoms in total.